The van der Waals surface area contributed by atoms with Crippen LogP contribution in [0.1, 0.15) is 28.2 Å². The van der Waals surface area contributed by atoms with E-state index in [4.69, 9.17) is 14.5 Å². The molecule has 0 saturated carbocycles. The minimum absolute atomic E-state index is 0.665. The standard InChI is InChI=1S/C23H23N5O/c1-16-20(17(2)28(26-16)19-7-4-3-5-8-19)15-27-11-10-21-18(14-27)13-24-23(25-21)22-9-6-12-29-22/h3-9,12-13H,10-11,14-15H2,1-2H3. The lowest BCUT2D eigenvalue weighted by Crippen LogP contribution is -2.31. The smallest absolute Gasteiger partial charge is 0.195 e. The number of aromatic nitrogens is 4. The van der Waals surface area contributed by atoms with Crippen LogP contribution in [-0.2, 0) is 19.5 Å². The second-order valence-corrected chi connectivity index (χ2v) is 7.50. The van der Waals surface area contributed by atoms with Crippen molar-refractivity contribution in [1.82, 2.24) is 24.6 Å². The minimum atomic E-state index is 0.665. The van der Waals surface area contributed by atoms with Gasteiger partial charge >= 0.3 is 0 Å². The zero-order chi connectivity index (χ0) is 19.8. The first-order valence-corrected chi connectivity index (χ1v) is 9.90. The van der Waals surface area contributed by atoms with E-state index in [1.165, 1.54) is 16.8 Å². The normalized spacial score (nSPS) is 14.1. The average molecular weight is 385 g/mol. The molecule has 146 valence electrons. The number of aryl methyl sites for hydroxylation is 1. The van der Waals surface area contributed by atoms with Gasteiger partial charge in [-0.25, -0.2) is 14.6 Å². The predicted molar refractivity (Wildman–Crippen MR) is 111 cm³/mol. The minimum Gasteiger partial charge on any atom is -0.461 e. The molecule has 0 atom stereocenters. The molecule has 0 N–H and O–H groups in total. The monoisotopic (exact) mass is 385 g/mol. The topological polar surface area (TPSA) is 60.0 Å². The van der Waals surface area contributed by atoms with E-state index in [1.54, 1.807) is 6.26 Å². The predicted octanol–water partition coefficient (Wildman–Crippen LogP) is 4.10. The maximum absolute atomic E-state index is 5.43. The number of para-hydroxylation sites is 1. The Bertz CT molecular complexity index is 1130. The highest BCUT2D eigenvalue weighted by molar-refractivity contribution is 5.47. The summed E-state index contributed by atoms with van der Waals surface area (Å²) in [5, 5.41) is 4.79. The molecule has 0 spiro atoms. The third kappa shape index (κ3) is 3.36. The molecule has 6 heteroatoms. The summed E-state index contributed by atoms with van der Waals surface area (Å²) in [5.74, 6) is 1.38. The van der Waals surface area contributed by atoms with Crippen molar-refractivity contribution in [2.24, 2.45) is 0 Å². The summed E-state index contributed by atoms with van der Waals surface area (Å²) in [4.78, 5) is 11.7. The second-order valence-electron chi connectivity index (χ2n) is 7.50. The fourth-order valence-electron chi connectivity index (χ4n) is 3.98. The summed E-state index contributed by atoms with van der Waals surface area (Å²) in [7, 11) is 0. The Kier molecular flexibility index (Phi) is 4.48. The van der Waals surface area contributed by atoms with Gasteiger partial charge in [-0.15, -0.1) is 0 Å². The van der Waals surface area contributed by atoms with Crippen molar-refractivity contribution in [3.63, 3.8) is 0 Å². The van der Waals surface area contributed by atoms with Gasteiger partial charge < -0.3 is 4.42 Å². The van der Waals surface area contributed by atoms with Crippen molar-refractivity contribution in [2.75, 3.05) is 6.54 Å². The van der Waals surface area contributed by atoms with Gasteiger partial charge in [-0.2, -0.15) is 5.10 Å². The molecule has 0 fully saturated rings. The Morgan fingerprint density at radius 3 is 2.72 bits per heavy atom. The molecule has 5 rings (SSSR count). The maximum atomic E-state index is 5.43. The Hall–Kier alpha value is -3.25. The first-order chi connectivity index (χ1) is 14.2. The Balaban J connectivity index is 1.36. The van der Waals surface area contributed by atoms with Crippen LogP contribution in [0.25, 0.3) is 17.3 Å². The van der Waals surface area contributed by atoms with Crippen LogP contribution < -0.4 is 0 Å². The van der Waals surface area contributed by atoms with Gasteiger partial charge in [0.25, 0.3) is 0 Å². The lowest BCUT2D eigenvalue weighted by molar-refractivity contribution is 0.242. The quantitative estimate of drug-likeness (QED) is 0.529. The number of furan rings is 1. The molecular weight excluding hydrogens is 362 g/mol. The SMILES string of the molecule is Cc1nn(-c2ccccc2)c(C)c1CN1CCc2nc(-c3ccco3)ncc2C1. The number of hydrogen-bond donors (Lipinski definition) is 0. The molecule has 0 bridgehead atoms. The van der Waals surface area contributed by atoms with Crippen molar-refractivity contribution in [2.45, 2.75) is 33.4 Å². The zero-order valence-electron chi connectivity index (χ0n) is 16.7. The Labute approximate surface area is 169 Å². The summed E-state index contributed by atoms with van der Waals surface area (Å²) in [5.41, 5.74) is 6.99. The molecule has 1 aliphatic rings. The first-order valence-electron chi connectivity index (χ1n) is 9.90. The van der Waals surface area contributed by atoms with Crippen LogP contribution in [0, 0.1) is 13.8 Å². The highest BCUT2D eigenvalue weighted by Crippen LogP contribution is 2.25. The van der Waals surface area contributed by atoms with E-state index in [9.17, 15) is 0 Å². The molecule has 0 amide bonds. The molecule has 0 radical (unpaired) electrons. The molecule has 3 aromatic heterocycles. The van der Waals surface area contributed by atoms with Gasteiger partial charge in [-0.05, 0) is 38.1 Å². The molecule has 4 heterocycles. The van der Waals surface area contributed by atoms with Crippen LogP contribution in [0.5, 0.6) is 0 Å². The molecule has 0 aliphatic carbocycles. The van der Waals surface area contributed by atoms with E-state index in [2.05, 4.69) is 35.9 Å². The third-order valence-corrected chi connectivity index (χ3v) is 5.58. The summed E-state index contributed by atoms with van der Waals surface area (Å²) >= 11 is 0. The molecule has 0 unspecified atom stereocenters. The molecule has 1 aromatic carbocycles. The van der Waals surface area contributed by atoms with E-state index in [0.29, 0.717) is 5.82 Å². The van der Waals surface area contributed by atoms with Gasteiger partial charge in [0.2, 0.25) is 0 Å². The number of benzene rings is 1. The number of hydrogen-bond acceptors (Lipinski definition) is 5. The Morgan fingerprint density at radius 1 is 1.07 bits per heavy atom. The van der Waals surface area contributed by atoms with Gasteiger partial charge in [0.05, 0.1) is 23.3 Å². The van der Waals surface area contributed by atoms with Crippen LogP contribution >= 0.6 is 0 Å². The summed E-state index contributed by atoms with van der Waals surface area (Å²) in [6, 6.07) is 14.1. The van der Waals surface area contributed by atoms with Crippen LogP contribution in [0.3, 0.4) is 0 Å². The highest BCUT2D eigenvalue weighted by atomic mass is 16.3. The highest BCUT2D eigenvalue weighted by Gasteiger charge is 2.22. The van der Waals surface area contributed by atoms with Gasteiger partial charge in [0.1, 0.15) is 0 Å². The van der Waals surface area contributed by atoms with Crippen molar-refractivity contribution in [1.29, 1.82) is 0 Å². The number of nitrogens with zero attached hydrogens (tertiary/aromatic N) is 5. The number of rotatable bonds is 4. The molecule has 0 saturated heterocycles. The average Bonchev–Trinajstić information content (AvgIpc) is 3.38. The van der Waals surface area contributed by atoms with Crippen molar-refractivity contribution in [3.8, 4) is 17.3 Å². The molecule has 1 aliphatic heterocycles. The molecular formula is C23H23N5O. The van der Waals surface area contributed by atoms with E-state index < -0.39 is 0 Å². The lowest BCUT2D eigenvalue weighted by Gasteiger charge is -2.28. The summed E-state index contributed by atoms with van der Waals surface area (Å²) in [6.45, 7) is 6.95. The van der Waals surface area contributed by atoms with E-state index in [1.807, 2.05) is 41.2 Å². The fourth-order valence-corrected chi connectivity index (χ4v) is 3.98. The van der Waals surface area contributed by atoms with Crippen LogP contribution in [-0.4, -0.2) is 31.2 Å². The summed E-state index contributed by atoms with van der Waals surface area (Å²) < 4.78 is 7.47. The van der Waals surface area contributed by atoms with Gasteiger partial charge in [0, 0.05) is 49.1 Å². The van der Waals surface area contributed by atoms with Crippen LogP contribution in [0.2, 0.25) is 0 Å². The second kappa shape index (κ2) is 7.29. The largest absolute Gasteiger partial charge is 0.461 e. The number of fused-ring (bicyclic) bond motifs is 1. The van der Waals surface area contributed by atoms with Gasteiger partial charge in [0.15, 0.2) is 11.6 Å². The van der Waals surface area contributed by atoms with E-state index >= 15 is 0 Å². The Morgan fingerprint density at radius 2 is 1.93 bits per heavy atom. The van der Waals surface area contributed by atoms with Crippen molar-refractivity contribution >= 4 is 0 Å². The molecule has 29 heavy (non-hydrogen) atoms. The van der Waals surface area contributed by atoms with Crippen molar-refractivity contribution < 1.29 is 4.42 Å². The molecule has 4 aromatic rings. The van der Waals surface area contributed by atoms with Crippen LogP contribution in [0.15, 0.2) is 59.3 Å². The van der Waals surface area contributed by atoms with Gasteiger partial charge in [-0.3, -0.25) is 4.90 Å². The first kappa shape index (κ1) is 17.8. The fraction of sp³-hybridized carbons (Fsp3) is 0.261. The van der Waals surface area contributed by atoms with Crippen LogP contribution in [0.4, 0.5) is 0 Å². The van der Waals surface area contributed by atoms with Crippen molar-refractivity contribution in [3.05, 3.63) is 83.1 Å². The third-order valence-electron chi connectivity index (χ3n) is 5.58. The maximum Gasteiger partial charge on any atom is 0.195 e. The lowest BCUT2D eigenvalue weighted by atomic mass is 10.1. The van der Waals surface area contributed by atoms with Gasteiger partial charge in [-0.1, -0.05) is 18.2 Å². The zero-order valence-corrected chi connectivity index (χ0v) is 16.7. The van der Waals surface area contributed by atoms with E-state index in [-0.39, 0.29) is 0 Å². The summed E-state index contributed by atoms with van der Waals surface area (Å²) in [6.07, 6.45) is 4.51. The molecule has 6 nitrogen and oxygen atoms in total. The van der Waals surface area contributed by atoms with E-state index in [0.717, 1.165) is 48.9 Å².